The van der Waals surface area contributed by atoms with E-state index in [9.17, 15) is 4.79 Å². The van der Waals surface area contributed by atoms with Crippen LogP contribution in [-0.4, -0.2) is 38.7 Å². The Kier molecular flexibility index (Phi) is 15.1. The van der Waals surface area contributed by atoms with E-state index in [1.54, 1.807) is 14.0 Å². The standard InChI is InChI=1S/C28H40ClNO4/c1-6-10-13-23(7-2)14-11-12-15-24-16-17-25(26(29)20-24)18-19-28(8-3,21-33-22-32-5)30-27(31)34-9-4/h7,10,13,16-17,20H,6,8-9,11,14,18-19,21-22H2,1-5H3,(H,30,31)/b13-10-,23-7+. The molecule has 0 radical (unpaired) electrons. The van der Waals surface area contributed by atoms with Gasteiger partial charge in [-0.2, -0.15) is 0 Å². The molecule has 6 heteroatoms. The van der Waals surface area contributed by atoms with E-state index in [0.717, 1.165) is 30.4 Å². The number of carbonyl (C=O) groups is 1. The molecule has 0 fully saturated rings. The van der Waals surface area contributed by atoms with Crippen molar-refractivity contribution in [1.29, 1.82) is 0 Å². The number of benzene rings is 1. The minimum absolute atomic E-state index is 0.158. The zero-order valence-electron chi connectivity index (χ0n) is 21.3. The summed E-state index contributed by atoms with van der Waals surface area (Å²) in [4.78, 5) is 12.1. The zero-order valence-corrected chi connectivity index (χ0v) is 22.1. The van der Waals surface area contributed by atoms with Crippen molar-refractivity contribution in [2.45, 2.75) is 71.8 Å². The first-order valence-corrected chi connectivity index (χ1v) is 12.4. The molecule has 0 saturated heterocycles. The van der Waals surface area contributed by atoms with E-state index in [4.69, 9.17) is 25.8 Å². The highest BCUT2D eigenvalue weighted by Gasteiger charge is 2.31. The molecule has 188 valence electrons. The summed E-state index contributed by atoms with van der Waals surface area (Å²) in [7, 11) is 1.57. The molecule has 0 aliphatic carbocycles. The second-order valence-electron chi connectivity index (χ2n) is 8.02. The molecule has 1 amide bonds. The molecule has 0 aliphatic rings. The van der Waals surface area contributed by atoms with Crippen molar-refractivity contribution in [2.24, 2.45) is 0 Å². The van der Waals surface area contributed by atoms with Crippen LogP contribution in [0.4, 0.5) is 4.79 Å². The number of ether oxygens (including phenoxy) is 3. The summed E-state index contributed by atoms with van der Waals surface area (Å²) in [5.41, 5.74) is 2.62. The van der Waals surface area contributed by atoms with E-state index in [-0.39, 0.29) is 6.79 Å². The van der Waals surface area contributed by atoms with Crippen LogP contribution in [0, 0.1) is 11.8 Å². The Bertz CT molecular complexity index is 869. The third-order valence-corrected chi connectivity index (χ3v) is 5.89. The minimum atomic E-state index is -0.580. The number of aryl methyl sites for hydroxylation is 1. The lowest BCUT2D eigenvalue weighted by Gasteiger charge is -2.33. The fraction of sp³-hybridized carbons (Fsp3) is 0.536. The summed E-state index contributed by atoms with van der Waals surface area (Å²) in [6, 6.07) is 5.91. The number of amides is 1. The number of hydrogen-bond acceptors (Lipinski definition) is 4. The monoisotopic (exact) mass is 489 g/mol. The Labute approximate surface area is 210 Å². The third-order valence-electron chi connectivity index (χ3n) is 5.53. The number of rotatable bonds is 14. The molecule has 1 aromatic carbocycles. The molecule has 0 bridgehead atoms. The normalized spacial score (nSPS) is 13.3. The van der Waals surface area contributed by atoms with E-state index in [1.165, 1.54) is 5.57 Å². The van der Waals surface area contributed by atoms with Gasteiger partial charge < -0.3 is 19.5 Å². The van der Waals surface area contributed by atoms with Gasteiger partial charge in [-0.05, 0) is 63.6 Å². The predicted octanol–water partition coefficient (Wildman–Crippen LogP) is 6.83. The highest BCUT2D eigenvalue weighted by atomic mass is 35.5. The number of halogens is 1. The van der Waals surface area contributed by atoms with Gasteiger partial charge in [-0.3, -0.25) is 0 Å². The average molecular weight is 490 g/mol. The number of carbonyl (C=O) groups excluding carboxylic acids is 1. The van der Waals surface area contributed by atoms with Crippen molar-refractivity contribution in [3.63, 3.8) is 0 Å². The Morgan fingerprint density at radius 1 is 1.26 bits per heavy atom. The van der Waals surface area contributed by atoms with Crippen LogP contribution in [0.15, 0.2) is 42.0 Å². The van der Waals surface area contributed by atoms with Crippen LogP contribution in [-0.2, 0) is 20.6 Å². The van der Waals surface area contributed by atoms with E-state index < -0.39 is 11.6 Å². The summed E-state index contributed by atoms with van der Waals surface area (Å²) in [5.74, 6) is 6.46. The average Bonchev–Trinajstić information content (AvgIpc) is 2.83. The van der Waals surface area contributed by atoms with Crippen LogP contribution in [0.5, 0.6) is 0 Å². The molecule has 5 nitrogen and oxygen atoms in total. The van der Waals surface area contributed by atoms with Crippen LogP contribution < -0.4 is 5.32 Å². The molecular weight excluding hydrogens is 450 g/mol. The lowest BCUT2D eigenvalue weighted by atomic mass is 9.89. The second kappa shape index (κ2) is 17.2. The van der Waals surface area contributed by atoms with Crippen molar-refractivity contribution in [2.75, 3.05) is 27.1 Å². The first-order chi connectivity index (χ1) is 16.4. The minimum Gasteiger partial charge on any atom is -0.450 e. The molecule has 0 aromatic heterocycles. The molecule has 1 unspecified atom stereocenters. The van der Waals surface area contributed by atoms with Crippen LogP contribution in [0.1, 0.15) is 70.9 Å². The van der Waals surface area contributed by atoms with Gasteiger partial charge in [0, 0.05) is 24.1 Å². The number of hydrogen-bond donors (Lipinski definition) is 1. The molecule has 0 heterocycles. The summed E-state index contributed by atoms with van der Waals surface area (Å²) in [6.07, 6.45) is 10.8. The Morgan fingerprint density at radius 3 is 2.68 bits per heavy atom. The fourth-order valence-electron chi connectivity index (χ4n) is 3.41. The van der Waals surface area contributed by atoms with Gasteiger partial charge in [-0.15, -0.1) is 0 Å². The second-order valence-corrected chi connectivity index (χ2v) is 8.42. The van der Waals surface area contributed by atoms with E-state index in [1.807, 2.05) is 25.1 Å². The van der Waals surface area contributed by atoms with Gasteiger partial charge in [0.25, 0.3) is 0 Å². The van der Waals surface area contributed by atoms with Gasteiger partial charge in [0.1, 0.15) is 6.79 Å². The van der Waals surface area contributed by atoms with Crippen LogP contribution in [0.2, 0.25) is 5.02 Å². The smallest absolute Gasteiger partial charge is 0.407 e. The van der Waals surface area contributed by atoms with Gasteiger partial charge >= 0.3 is 6.09 Å². The molecule has 0 spiro atoms. The zero-order chi connectivity index (χ0) is 25.2. The lowest BCUT2D eigenvalue weighted by Crippen LogP contribution is -2.52. The molecule has 0 aliphatic heterocycles. The molecular formula is C28H40ClNO4. The summed E-state index contributed by atoms with van der Waals surface area (Å²) >= 11 is 6.58. The van der Waals surface area contributed by atoms with Gasteiger partial charge in [0.15, 0.2) is 0 Å². The van der Waals surface area contributed by atoms with Crippen molar-refractivity contribution >= 4 is 17.7 Å². The van der Waals surface area contributed by atoms with Crippen molar-refractivity contribution < 1.29 is 19.0 Å². The van der Waals surface area contributed by atoms with E-state index in [2.05, 4.69) is 49.2 Å². The van der Waals surface area contributed by atoms with Crippen molar-refractivity contribution in [1.82, 2.24) is 5.32 Å². The molecule has 1 aromatic rings. The summed E-state index contributed by atoms with van der Waals surface area (Å²) in [5, 5.41) is 3.66. The van der Waals surface area contributed by atoms with Gasteiger partial charge in [0.2, 0.25) is 0 Å². The van der Waals surface area contributed by atoms with Gasteiger partial charge in [0.05, 0.1) is 18.8 Å². The van der Waals surface area contributed by atoms with Crippen LogP contribution in [0.25, 0.3) is 0 Å². The molecule has 34 heavy (non-hydrogen) atoms. The molecule has 0 saturated carbocycles. The van der Waals surface area contributed by atoms with Gasteiger partial charge in [-0.25, -0.2) is 4.79 Å². The Morgan fingerprint density at radius 2 is 2.06 bits per heavy atom. The quantitative estimate of drug-likeness (QED) is 0.135. The van der Waals surface area contributed by atoms with E-state index >= 15 is 0 Å². The molecule has 1 N–H and O–H groups in total. The topological polar surface area (TPSA) is 56.8 Å². The third kappa shape index (κ3) is 11.2. The summed E-state index contributed by atoms with van der Waals surface area (Å²) < 4.78 is 15.7. The number of methoxy groups -OCH3 is 1. The first kappa shape index (κ1) is 29.8. The maximum absolute atomic E-state index is 12.1. The predicted molar refractivity (Wildman–Crippen MR) is 140 cm³/mol. The highest BCUT2D eigenvalue weighted by molar-refractivity contribution is 6.31. The number of allylic oxidation sites excluding steroid dienone is 4. The maximum atomic E-state index is 12.1. The van der Waals surface area contributed by atoms with E-state index in [0.29, 0.717) is 37.5 Å². The summed E-state index contributed by atoms with van der Waals surface area (Å²) in [6.45, 7) is 8.77. The molecule has 1 rings (SSSR count). The number of nitrogens with one attached hydrogen (secondary N) is 1. The molecule has 1 atom stereocenters. The first-order valence-electron chi connectivity index (χ1n) is 12.0. The SMILES string of the molecule is C/C=C(\C=C/CC)CCC#Cc1ccc(CCC(CC)(COCOC)NC(=O)OCC)c(Cl)c1. The fourth-order valence-corrected chi connectivity index (χ4v) is 3.68. The highest BCUT2D eigenvalue weighted by Crippen LogP contribution is 2.25. The number of alkyl carbamates (subject to hydrolysis) is 1. The Balaban J connectivity index is 2.82. The maximum Gasteiger partial charge on any atom is 0.407 e. The van der Waals surface area contributed by atoms with Crippen molar-refractivity contribution in [3.05, 3.63) is 58.1 Å². The van der Waals surface area contributed by atoms with Crippen LogP contribution >= 0.6 is 11.6 Å². The Hall–Kier alpha value is -2.26. The lowest BCUT2D eigenvalue weighted by molar-refractivity contribution is -0.0551. The largest absolute Gasteiger partial charge is 0.450 e. The van der Waals surface area contributed by atoms with Crippen LogP contribution in [0.3, 0.4) is 0 Å². The van der Waals surface area contributed by atoms with Gasteiger partial charge in [-0.1, -0.05) is 67.2 Å². The van der Waals surface area contributed by atoms with Crippen molar-refractivity contribution in [3.8, 4) is 11.8 Å².